The Morgan fingerprint density at radius 1 is 0.837 bits per heavy atom. The van der Waals surface area contributed by atoms with Crippen molar-refractivity contribution in [1.82, 2.24) is 24.2 Å². The van der Waals surface area contributed by atoms with E-state index in [4.69, 9.17) is 28.5 Å². The van der Waals surface area contributed by atoms with E-state index >= 15 is 0 Å². The molecule has 0 aliphatic rings. The molecule has 0 saturated carbocycles. The van der Waals surface area contributed by atoms with Gasteiger partial charge in [-0.1, -0.05) is 12.1 Å². The first-order valence-corrected chi connectivity index (χ1v) is 16.2. The lowest BCUT2D eigenvalue weighted by Crippen LogP contribution is -2.27. The molecule has 0 aliphatic carbocycles. The van der Waals surface area contributed by atoms with Crippen molar-refractivity contribution in [2.45, 2.75) is 6.42 Å². The van der Waals surface area contributed by atoms with Crippen LogP contribution in [-0.4, -0.2) is 73.9 Å². The molecule has 0 saturated heterocycles. The Morgan fingerprint density at radius 3 is 2.04 bits per heavy atom. The van der Waals surface area contributed by atoms with Gasteiger partial charge in [0, 0.05) is 82.8 Å². The number of hydrogen-bond donors (Lipinski definition) is 4. The number of rotatable bonds is 15. The summed E-state index contributed by atoms with van der Waals surface area (Å²) in [5, 5.41) is 23.7. The first-order valence-electron chi connectivity index (χ1n) is 15.1. The smallest absolute Gasteiger partial charge is 0.274 e. The number of benzene rings is 1. The SMILES string of the molecule is Cn1cc(NC(=O)c2cc(NC(=O)c3cc(NC(=O)/C=C/c4ccc(N(CCCl)CCCl)cc4)cn3C)nn2C)cc1C(=O)NCCC#N. The lowest BCUT2D eigenvalue weighted by Gasteiger charge is -2.22. The van der Waals surface area contributed by atoms with Crippen LogP contribution in [-0.2, 0) is 25.9 Å². The number of nitrogens with zero attached hydrogens (tertiary/aromatic N) is 6. The number of carbonyl (C=O) groups is 4. The van der Waals surface area contributed by atoms with E-state index in [1.165, 1.54) is 29.0 Å². The molecule has 4 N–H and O–H groups in total. The van der Waals surface area contributed by atoms with Gasteiger partial charge in [-0.2, -0.15) is 10.4 Å². The number of aryl methyl sites for hydroxylation is 3. The van der Waals surface area contributed by atoms with Crippen LogP contribution in [0.5, 0.6) is 0 Å². The summed E-state index contributed by atoms with van der Waals surface area (Å²) in [6.45, 7) is 1.56. The molecule has 3 heterocycles. The highest BCUT2D eigenvalue weighted by atomic mass is 35.5. The summed E-state index contributed by atoms with van der Waals surface area (Å²) in [4.78, 5) is 53.2. The zero-order valence-electron chi connectivity index (χ0n) is 27.2. The number of amides is 4. The number of anilines is 4. The summed E-state index contributed by atoms with van der Waals surface area (Å²) in [5.74, 6) is -0.661. The van der Waals surface area contributed by atoms with Gasteiger partial charge in [0.25, 0.3) is 17.7 Å². The van der Waals surface area contributed by atoms with Crippen molar-refractivity contribution in [1.29, 1.82) is 5.26 Å². The predicted octanol–water partition coefficient (Wildman–Crippen LogP) is 4.18. The van der Waals surface area contributed by atoms with E-state index in [0.717, 1.165) is 11.3 Å². The monoisotopic (exact) mass is 706 g/mol. The molecule has 3 aromatic heterocycles. The van der Waals surface area contributed by atoms with E-state index in [9.17, 15) is 19.2 Å². The summed E-state index contributed by atoms with van der Waals surface area (Å²) in [6.07, 6.45) is 6.45. The first-order chi connectivity index (χ1) is 23.5. The maximum atomic E-state index is 13.1. The molecule has 4 rings (SSSR count). The molecular formula is C33H36Cl2N10O4. The number of nitrogens with one attached hydrogen (secondary N) is 4. The lowest BCUT2D eigenvalue weighted by molar-refractivity contribution is -0.111. The molecule has 0 spiro atoms. The Hall–Kier alpha value is -5.52. The number of hydrogen-bond acceptors (Lipinski definition) is 7. The Bertz CT molecular complexity index is 1880. The molecule has 14 nitrogen and oxygen atoms in total. The van der Waals surface area contributed by atoms with Gasteiger partial charge in [0.05, 0.1) is 23.9 Å². The fourth-order valence-electron chi connectivity index (χ4n) is 4.88. The Morgan fingerprint density at radius 2 is 1.43 bits per heavy atom. The maximum absolute atomic E-state index is 13.1. The van der Waals surface area contributed by atoms with Crippen LogP contribution < -0.4 is 26.2 Å². The van der Waals surface area contributed by atoms with Crippen LogP contribution in [0.1, 0.15) is 43.4 Å². The fourth-order valence-corrected chi connectivity index (χ4v) is 5.29. The number of halogens is 2. The quantitative estimate of drug-likeness (QED) is 0.0816. The molecule has 0 fully saturated rings. The molecule has 4 amide bonds. The fraction of sp³-hybridized carbons (Fsp3) is 0.273. The summed E-state index contributed by atoms with van der Waals surface area (Å²) in [6, 6.07) is 14.1. The average Bonchev–Trinajstić information content (AvgIpc) is 3.75. The number of carbonyl (C=O) groups excluding carboxylic acids is 4. The second kappa shape index (κ2) is 17.0. The van der Waals surface area contributed by atoms with Crippen LogP contribution in [0.4, 0.5) is 22.9 Å². The van der Waals surface area contributed by atoms with Crippen molar-refractivity contribution in [3.63, 3.8) is 0 Å². The van der Waals surface area contributed by atoms with Gasteiger partial charge in [0.2, 0.25) is 5.91 Å². The second-order valence-corrected chi connectivity index (χ2v) is 11.6. The van der Waals surface area contributed by atoms with Crippen LogP contribution in [0.25, 0.3) is 6.08 Å². The average molecular weight is 708 g/mol. The molecule has 0 aliphatic heterocycles. The number of alkyl halides is 2. The normalized spacial score (nSPS) is 10.9. The van der Waals surface area contributed by atoms with Crippen LogP contribution in [0.2, 0.25) is 0 Å². The molecule has 0 bridgehead atoms. The van der Waals surface area contributed by atoms with Gasteiger partial charge in [-0.3, -0.25) is 23.9 Å². The summed E-state index contributed by atoms with van der Waals surface area (Å²) < 4.78 is 4.43. The molecule has 0 radical (unpaired) electrons. The molecule has 256 valence electrons. The van der Waals surface area contributed by atoms with Gasteiger partial charge in [0.1, 0.15) is 17.1 Å². The Kier molecular flexibility index (Phi) is 12.6. The zero-order valence-corrected chi connectivity index (χ0v) is 28.7. The van der Waals surface area contributed by atoms with Crippen molar-refractivity contribution in [2.24, 2.45) is 21.1 Å². The van der Waals surface area contributed by atoms with Gasteiger partial charge in [0.15, 0.2) is 5.82 Å². The van der Waals surface area contributed by atoms with Crippen molar-refractivity contribution in [2.75, 3.05) is 52.2 Å². The van der Waals surface area contributed by atoms with Crippen LogP contribution in [0.15, 0.2) is 60.9 Å². The molecule has 0 unspecified atom stereocenters. The Labute approximate surface area is 293 Å². The van der Waals surface area contributed by atoms with Crippen molar-refractivity contribution in [3.05, 3.63) is 83.6 Å². The first kappa shape index (κ1) is 36.3. The summed E-state index contributed by atoms with van der Waals surface area (Å²) >= 11 is 11.8. The Balaban J connectivity index is 1.34. The minimum atomic E-state index is -0.509. The highest BCUT2D eigenvalue weighted by Gasteiger charge is 2.19. The summed E-state index contributed by atoms with van der Waals surface area (Å²) in [7, 11) is 4.88. The van der Waals surface area contributed by atoms with E-state index < -0.39 is 11.8 Å². The van der Waals surface area contributed by atoms with Crippen LogP contribution in [0, 0.1) is 11.3 Å². The third-order valence-corrected chi connectivity index (χ3v) is 7.61. The number of nitriles is 1. The van der Waals surface area contributed by atoms with Crippen molar-refractivity contribution in [3.8, 4) is 6.07 Å². The zero-order chi connectivity index (χ0) is 35.5. The predicted molar refractivity (Wildman–Crippen MR) is 190 cm³/mol. The van der Waals surface area contributed by atoms with E-state index in [-0.39, 0.29) is 42.0 Å². The molecule has 49 heavy (non-hydrogen) atoms. The van der Waals surface area contributed by atoms with Crippen LogP contribution >= 0.6 is 23.2 Å². The standard InChI is InChI=1S/C33H36Cl2N10O4/c1-42-21-24(18-26(42)31(47)37-14-4-13-36)39-33(49)28-19-29(41-44(28)3)40-32(48)27-17-23(20-43(27)2)38-30(46)10-7-22-5-8-25(9-6-22)45(15-11-34)16-12-35/h5-10,17-21H,4,11-12,14-16H2,1-3H3,(H,37,47)(H,38,46)(H,39,49)(H,40,41,48)/b10-7+. The molecular weight excluding hydrogens is 671 g/mol. The van der Waals surface area contributed by atoms with Crippen molar-refractivity contribution < 1.29 is 19.2 Å². The number of aromatic nitrogens is 4. The summed E-state index contributed by atoms with van der Waals surface area (Å²) in [5.41, 5.74) is 3.32. The third kappa shape index (κ3) is 9.75. The van der Waals surface area contributed by atoms with E-state index in [1.807, 2.05) is 30.3 Å². The van der Waals surface area contributed by atoms with Gasteiger partial charge in [-0.25, -0.2) is 0 Å². The van der Waals surface area contributed by atoms with Gasteiger partial charge in [-0.15, -0.1) is 23.2 Å². The topological polar surface area (TPSA) is 171 Å². The highest BCUT2D eigenvalue weighted by molar-refractivity contribution is 6.18. The van der Waals surface area contributed by atoms with Gasteiger partial charge < -0.3 is 35.3 Å². The molecule has 1 aromatic carbocycles. The molecule has 16 heteroatoms. The molecule has 0 atom stereocenters. The van der Waals surface area contributed by atoms with Crippen LogP contribution in [0.3, 0.4) is 0 Å². The maximum Gasteiger partial charge on any atom is 0.274 e. The minimum absolute atomic E-state index is 0.137. The highest BCUT2D eigenvalue weighted by Crippen LogP contribution is 2.19. The van der Waals surface area contributed by atoms with Gasteiger partial charge >= 0.3 is 0 Å². The van der Waals surface area contributed by atoms with Gasteiger partial charge in [-0.05, 0) is 35.9 Å². The lowest BCUT2D eigenvalue weighted by atomic mass is 10.2. The van der Waals surface area contributed by atoms with E-state index in [2.05, 4.69) is 31.3 Å². The minimum Gasteiger partial charge on any atom is -0.369 e. The largest absolute Gasteiger partial charge is 0.369 e. The van der Waals surface area contributed by atoms with Crippen molar-refractivity contribution >= 4 is 75.8 Å². The van der Waals surface area contributed by atoms with E-state index in [0.29, 0.717) is 41.9 Å². The molecule has 4 aromatic rings. The second-order valence-electron chi connectivity index (χ2n) is 10.8. The third-order valence-electron chi connectivity index (χ3n) is 7.27. The van der Waals surface area contributed by atoms with E-state index in [1.54, 1.807) is 48.7 Å².